The highest BCUT2D eigenvalue weighted by Crippen LogP contribution is 2.35. The van der Waals surface area contributed by atoms with E-state index < -0.39 is 0 Å². The minimum absolute atomic E-state index is 0.00184. The number of imidazole rings is 1. The molecule has 1 amide bonds. The summed E-state index contributed by atoms with van der Waals surface area (Å²) < 4.78 is 7.66. The maximum Gasteiger partial charge on any atom is 0.254 e. The fourth-order valence-electron chi connectivity index (χ4n) is 4.72. The highest BCUT2D eigenvalue weighted by atomic mass is 16.5. The van der Waals surface area contributed by atoms with Crippen molar-refractivity contribution in [1.29, 1.82) is 5.26 Å². The van der Waals surface area contributed by atoms with Gasteiger partial charge in [-0.15, -0.1) is 0 Å². The van der Waals surface area contributed by atoms with Gasteiger partial charge >= 0.3 is 0 Å². The highest BCUT2D eigenvalue weighted by molar-refractivity contribution is 5.99. The van der Waals surface area contributed by atoms with Crippen LogP contribution in [0.2, 0.25) is 0 Å². The van der Waals surface area contributed by atoms with E-state index in [0.717, 1.165) is 53.9 Å². The Labute approximate surface area is 213 Å². The van der Waals surface area contributed by atoms with Crippen molar-refractivity contribution in [3.8, 4) is 23.1 Å². The van der Waals surface area contributed by atoms with Crippen LogP contribution in [-0.4, -0.2) is 63.5 Å². The van der Waals surface area contributed by atoms with E-state index in [4.69, 9.17) is 4.74 Å². The number of likely N-dealkylation sites (N-methyl/N-ethyl adjacent to an activating group) is 1. The van der Waals surface area contributed by atoms with Crippen molar-refractivity contribution in [3.63, 3.8) is 0 Å². The van der Waals surface area contributed by atoms with E-state index in [2.05, 4.69) is 47.0 Å². The lowest BCUT2D eigenvalue weighted by atomic mass is 9.88. The number of hydrogen-bond acceptors (Lipinski definition) is 6. The molecule has 0 aliphatic carbocycles. The van der Waals surface area contributed by atoms with Crippen LogP contribution in [0.25, 0.3) is 11.3 Å². The third-order valence-electron chi connectivity index (χ3n) is 7.02. The molecule has 0 fully saturated rings. The van der Waals surface area contributed by atoms with E-state index >= 15 is 0 Å². The van der Waals surface area contributed by atoms with Crippen molar-refractivity contribution in [2.75, 3.05) is 33.3 Å². The predicted octanol–water partition coefficient (Wildman–Crippen LogP) is 4.01. The summed E-state index contributed by atoms with van der Waals surface area (Å²) in [6.07, 6.45) is 6.80. The first kappa shape index (κ1) is 25.4. The molecule has 3 aromatic rings. The fraction of sp³-hybridized carbons (Fsp3) is 0.429. The maximum absolute atomic E-state index is 13.9. The number of carbonyl (C=O) groups excluding carboxylic acids is 1. The lowest BCUT2D eigenvalue weighted by Gasteiger charge is -2.34. The van der Waals surface area contributed by atoms with Gasteiger partial charge in [0, 0.05) is 43.5 Å². The number of amides is 1. The van der Waals surface area contributed by atoms with E-state index in [1.165, 1.54) is 6.20 Å². The van der Waals surface area contributed by atoms with E-state index in [1.807, 2.05) is 36.6 Å². The Hall–Kier alpha value is -3.70. The van der Waals surface area contributed by atoms with E-state index in [-0.39, 0.29) is 11.9 Å². The van der Waals surface area contributed by atoms with Gasteiger partial charge < -0.3 is 19.1 Å². The molecule has 0 radical (unpaired) electrons. The summed E-state index contributed by atoms with van der Waals surface area (Å²) in [7, 11) is 4.09. The fourth-order valence-corrected chi connectivity index (χ4v) is 4.72. The predicted molar refractivity (Wildman–Crippen MR) is 139 cm³/mol. The molecule has 36 heavy (non-hydrogen) atoms. The summed E-state index contributed by atoms with van der Waals surface area (Å²) in [5, 5.41) is 9.37. The first-order valence-corrected chi connectivity index (χ1v) is 12.5. The number of rotatable bonds is 9. The number of benzene rings is 1. The second-order valence-corrected chi connectivity index (χ2v) is 9.28. The molecular formula is C28H34N6O2. The molecular weight excluding hydrogens is 452 g/mol. The summed E-state index contributed by atoms with van der Waals surface area (Å²) in [5.41, 5.74) is 6.16. The van der Waals surface area contributed by atoms with Crippen LogP contribution in [0.3, 0.4) is 0 Å². The second-order valence-electron chi connectivity index (χ2n) is 9.28. The third-order valence-corrected chi connectivity index (χ3v) is 7.02. The molecule has 8 heteroatoms. The molecule has 2 aromatic heterocycles. The van der Waals surface area contributed by atoms with Crippen LogP contribution >= 0.6 is 0 Å². The molecule has 1 aromatic carbocycles. The van der Waals surface area contributed by atoms with Gasteiger partial charge in [-0.2, -0.15) is 5.26 Å². The Morgan fingerprint density at radius 1 is 1.22 bits per heavy atom. The van der Waals surface area contributed by atoms with Crippen LogP contribution in [0.5, 0.6) is 5.75 Å². The van der Waals surface area contributed by atoms with Gasteiger partial charge in [0.15, 0.2) is 0 Å². The number of carbonyl (C=O) groups is 1. The largest absolute Gasteiger partial charge is 0.492 e. The molecule has 0 bridgehead atoms. The molecule has 1 aliphatic heterocycles. The Bertz CT molecular complexity index is 1290. The number of nitrogens with zero attached hydrogens (tertiary/aromatic N) is 6. The molecule has 3 heterocycles. The van der Waals surface area contributed by atoms with E-state index in [0.29, 0.717) is 30.2 Å². The van der Waals surface area contributed by atoms with Crippen LogP contribution < -0.4 is 4.74 Å². The van der Waals surface area contributed by atoms with Gasteiger partial charge in [0.25, 0.3) is 5.91 Å². The summed E-state index contributed by atoms with van der Waals surface area (Å²) in [4.78, 5) is 26.9. The Morgan fingerprint density at radius 3 is 2.67 bits per heavy atom. The van der Waals surface area contributed by atoms with Gasteiger partial charge in [0.05, 0.1) is 36.6 Å². The SMILES string of the molecule is CCOc1cc([C@H](C)N2CCc3c(cc(CCN(C)CC)cc3-c3cncn3C)C2=O)ncc1C#N. The van der Waals surface area contributed by atoms with E-state index in [1.54, 1.807) is 12.4 Å². The van der Waals surface area contributed by atoms with Gasteiger partial charge in [-0.3, -0.25) is 9.78 Å². The second kappa shape index (κ2) is 10.9. The monoisotopic (exact) mass is 486 g/mol. The van der Waals surface area contributed by atoms with Crippen LogP contribution in [-0.2, 0) is 19.9 Å². The molecule has 1 atom stereocenters. The molecule has 0 saturated carbocycles. The summed E-state index contributed by atoms with van der Waals surface area (Å²) >= 11 is 0. The maximum atomic E-state index is 13.9. The molecule has 0 spiro atoms. The molecule has 1 aliphatic rings. The minimum Gasteiger partial charge on any atom is -0.492 e. The highest BCUT2D eigenvalue weighted by Gasteiger charge is 2.32. The van der Waals surface area contributed by atoms with Gasteiger partial charge in [-0.1, -0.05) is 6.92 Å². The zero-order chi connectivity index (χ0) is 25.8. The molecule has 0 N–H and O–H groups in total. The minimum atomic E-state index is -0.257. The van der Waals surface area contributed by atoms with Crippen molar-refractivity contribution in [2.24, 2.45) is 7.05 Å². The van der Waals surface area contributed by atoms with Crippen molar-refractivity contribution in [2.45, 2.75) is 39.7 Å². The Morgan fingerprint density at radius 2 is 2.00 bits per heavy atom. The zero-order valence-corrected chi connectivity index (χ0v) is 21.8. The lowest BCUT2D eigenvalue weighted by molar-refractivity contribution is 0.0669. The zero-order valence-electron chi connectivity index (χ0n) is 21.8. The molecule has 8 nitrogen and oxygen atoms in total. The van der Waals surface area contributed by atoms with E-state index in [9.17, 15) is 10.1 Å². The average Bonchev–Trinajstić information content (AvgIpc) is 3.32. The Kier molecular flexibility index (Phi) is 7.70. The summed E-state index contributed by atoms with van der Waals surface area (Å²) in [6, 6.07) is 7.94. The van der Waals surface area contributed by atoms with Crippen molar-refractivity contribution < 1.29 is 9.53 Å². The number of aromatic nitrogens is 3. The number of aryl methyl sites for hydroxylation is 1. The average molecular weight is 487 g/mol. The van der Waals surface area contributed by atoms with Crippen molar-refractivity contribution in [3.05, 3.63) is 64.9 Å². The Balaban J connectivity index is 1.71. The number of ether oxygens (including phenoxy) is 1. The number of pyridine rings is 1. The van der Waals surface area contributed by atoms with Crippen LogP contribution in [0, 0.1) is 11.3 Å². The smallest absolute Gasteiger partial charge is 0.254 e. The molecule has 4 rings (SSSR count). The topological polar surface area (TPSA) is 87.3 Å². The lowest BCUT2D eigenvalue weighted by Crippen LogP contribution is -2.40. The van der Waals surface area contributed by atoms with Gasteiger partial charge in [-0.05, 0) is 63.5 Å². The standard InChI is InChI=1S/C28H34N6O2/c1-6-32(4)10-8-20-12-23(26-17-30-18-33(26)5)22-9-11-34(28(35)24(22)13-20)19(3)25-14-27(36-7-2)21(15-29)16-31-25/h12-14,16-19H,6-11H2,1-5H3/t19-/m0/s1. The molecule has 0 unspecified atom stereocenters. The number of hydrogen-bond donors (Lipinski definition) is 0. The third kappa shape index (κ3) is 4.98. The van der Waals surface area contributed by atoms with Crippen LogP contribution in [0.1, 0.15) is 59.6 Å². The van der Waals surface area contributed by atoms with Gasteiger partial charge in [-0.25, -0.2) is 4.98 Å². The number of nitriles is 1. The molecule has 0 saturated heterocycles. The van der Waals surface area contributed by atoms with Crippen LogP contribution in [0.15, 0.2) is 36.9 Å². The van der Waals surface area contributed by atoms with Gasteiger partial charge in [0.1, 0.15) is 17.4 Å². The van der Waals surface area contributed by atoms with Crippen molar-refractivity contribution in [1.82, 2.24) is 24.3 Å². The number of fused-ring (bicyclic) bond motifs is 1. The first-order chi connectivity index (χ1) is 17.4. The van der Waals surface area contributed by atoms with Gasteiger partial charge in [0.2, 0.25) is 0 Å². The normalized spacial score (nSPS) is 14.0. The summed E-state index contributed by atoms with van der Waals surface area (Å²) in [5.74, 6) is 0.504. The van der Waals surface area contributed by atoms with Crippen molar-refractivity contribution >= 4 is 5.91 Å². The first-order valence-electron chi connectivity index (χ1n) is 12.5. The van der Waals surface area contributed by atoms with Crippen LogP contribution in [0.4, 0.5) is 0 Å². The molecule has 188 valence electrons. The summed E-state index contributed by atoms with van der Waals surface area (Å²) in [6.45, 7) is 8.94. The quantitative estimate of drug-likeness (QED) is 0.454.